The quantitative estimate of drug-likeness (QED) is 0.619. The molecule has 3 aromatic rings. The first-order valence-corrected chi connectivity index (χ1v) is 8.76. The molecule has 2 aliphatic rings. The summed E-state index contributed by atoms with van der Waals surface area (Å²) >= 11 is 0. The maximum absolute atomic E-state index is 6.21. The van der Waals surface area contributed by atoms with Gasteiger partial charge in [0, 0.05) is 12.0 Å². The minimum Gasteiger partial charge on any atom is -0.467 e. The molecule has 0 aromatic heterocycles. The second kappa shape index (κ2) is 5.09. The summed E-state index contributed by atoms with van der Waals surface area (Å²) in [5.74, 6) is 0.976. The average Bonchev–Trinajstić information content (AvgIpc) is 3.08. The Bertz CT molecular complexity index is 1010. The second-order valence-corrected chi connectivity index (χ2v) is 7.26. The van der Waals surface area contributed by atoms with E-state index in [2.05, 4.69) is 79.5 Å². The van der Waals surface area contributed by atoms with E-state index in [-0.39, 0.29) is 6.04 Å². The Morgan fingerprint density at radius 2 is 1.72 bits per heavy atom. The van der Waals surface area contributed by atoms with Gasteiger partial charge < -0.3 is 4.74 Å². The van der Waals surface area contributed by atoms with Crippen LogP contribution in [0.15, 0.2) is 71.8 Å². The summed E-state index contributed by atoms with van der Waals surface area (Å²) in [6, 6.07) is 23.6. The zero-order chi connectivity index (χ0) is 17.0. The fraction of sp³-hybridized carbons (Fsp3) is 0.227. The predicted octanol–water partition coefficient (Wildman–Crippen LogP) is 5.12. The summed E-state index contributed by atoms with van der Waals surface area (Å²) in [5.41, 5.74) is 3.10. The lowest BCUT2D eigenvalue weighted by Gasteiger charge is -2.43. The van der Waals surface area contributed by atoms with Crippen LogP contribution < -0.4 is 4.74 Å². The maximum Gasteiger partial charge on any atom is 0.192 e. The number of benzene rings is 3. The third kappa shape index (κ3) is 2.23. The summed E-state index contributed by atoms with van der Waals surface area (Å²) in [6.45, 7) is 4.17. The van der Waals surface area contributed by atoms with Crippen LogP contribution in [0.4, 0.5) is 0 Å². The second-order valence-electron chi connectivity index (χ2n) is 7.26. The van der Waals surface area contributed by atoms with Crippen LogP contribution in [0.5, 0.6) is 5.75 Å². The third-order valence-electron chi connectivity index (χ3n) is 5.18. The Hall–Kier alpha value is -2.81. The molecular weight excluding hydrogens is 308 g/mol. The number of hydrogen-bond acceptors (Lipinski definition) is 3. The molecule has 25 heavy (non-hydrogen) atoms. The minimum atomic E-state index is -0.447. The normalized spacial score (nSPS) is 20.6. The predicted molar refractivity (Wildman–Crippen MR) is 101 cm³/mol. The Morgan fingerprint density at radius 1 is 0.960 bits per heavy atom. The highest BCUT2D eigenvalue weighted by Crippen LogP contribution is 2.46. The van der Waals surface area contributed by atoms with E-state index in [0.29, 0.717) is 0 Å². The van der Waals surface area contributed by atoms with E-state index in [1.54, 1.807) is 0 Å². The molecule has 0 amide bonds. The fourth-order valence-electron chi connectivity index (χ4n) is 3.96. The Balaban J connectivity index is 1.59. The summed E-state index contributed by atoms with van der Waals surface area (Å²) in [5, 5.41) is 9.60. The van der Waals surface area contributed by atoms with Crippen molar-refractivity contribution in [2.75, 3.05) is 0 Å². The number of rotatable bonds is 1. The summed E-state index contributed by atoms with van der Waals surface area (Å²) in [7, 11) is 0. The molecule has 0 bridgehead atoms. The molecule has 1 unspecified atom stereocenters. The van der Waals surface area contributed by atoms with Crippen molar-refractivity contribution < 1.29 is 4.74 Å². The van der Waals surface area contributed by atoms with Crippen LogP contribution in [0.3, 0.4) is 0 Å². The van der Waals surface area contributed by atoms with Gasteiger partial charge in [0.25, 0.3) is 0 Å². The SMILES string of the molecule is CC1(C)Oc2ccccc2C2CC(c3ccc4ccccc4c3)=NN21. The number of hydrogen-bond donors (Lipinski definition) is 0. The molecule has 0 N–H and O–H groups in total. The van der Waals surface area contributed by atoms with Crippen molar-refractivity contribution in [2.45, 2.75) is 32.0 Å². The van der Waals surface area contributed by atoms with Crippen molar-refractivity contribution in [2.24, 2.45) is 5.10 Å². The van der Waals surface area contributed by atoms with E-state index in [9.17, 15) is 0 Å². The Morgan fingerprint density at radius 3 is 2.60 bits per heavy atom. The molecule has 124 valence electrons. The molecule has 2 heterocycles. The van der Waals surface area contributed by atoms with Gasteiger partial charge in [0.2, 0.25) is 0 Å². The molecule has 3 nitrogen and oxygen atoms in total. The van der Waals surface area contributed by atoms with Crippen LogP contribution >= 0.6 is 0 Å². The average molecular weight is 328 g/mol. The maximum atomic E-state index is 6.21. The van der Waals surface area contributed by atoms with Crippen molar-refractivity contribution in [1.29, 1.82) is 0 Å². The van der Waals surface area contributed by atoms with Crippen LogP contribution in [0.2, 0.25) is 0 Å². The van der Waals surface area contributed by atoms with Gasteiger partial charge >= 0.3 is 0 Å². The zero-order valence-corrected chi connectivity index (χ0v) is 14.4. The van der Waals surface area contributed by atoms with Gasteiger partial charge in [-0.2, -0.15) is 5.10 Å². The van der Waals surface area contributed by atoms with Gasteiger partial charge in [-0.3, -0.25) is 0 Å². The Kier molecular flexibility index (Phi) is 2.96. The van der Waals surface area contributed by atoms with E-state index >= 15 is 0 Å². The molecule has 2 aliphatic heterocycles. The number of hydrazone groups is 1. The molecular formula is C22H20N2O. The molecule has 0 saturated carbocycles. The van der Waals surface area contributed by atoms with Crippen molar-refractivity contribution in [1.82, 2.24) is 5.01 Å². The largest absolute Gasteiger partial charge is 0.467 e. The smallest absolute Gasteiger partial charge is 0.192 e. The zero-order valence-electron chi connectivity index (χ0n) is 14.4. The van der Waals surface area contributed by atoms with Gasteiger partial charge in [-0.15, -0.1) is 0 Å². The fourth-order valence-corrected chi connectivity index (χ4v) is 3.96. The first-order valence-electron chi connectivity index (χ1n) is 8.76. The lowest BCUT2D eigenvalue weighted by Crippen LogP contribution is -2.48. The van der Waals surface area contributed by atoms with Gasteiger partial charge in [0.1, 0.15) is 5.75 Å². The number of ether oxygens (including phenoxy) is 1. The lowest BCUT2D eigenvalue weighted by atomic mass is 9.94. The summed E-state index contributed by atoms with van der Waals surface area (Å²) < 4.78 is 6.21. The van der Waals surface area contributed by atoms with Crippen LogP contribution in [-0.4, -0.2) is 16.4 Å². The number of nitrogens with zero attached hydrogens (tertiary/aromatic N) is 2. The van der Waals surface area contributed by atoms with Gasteiger partial charge in [0.05, 0.1) is 11.8 Å². The number of para-hydroxylation sites is 1. The van der Waals surface area contributed by atoms with Crippen molar-refractivity contribution in [3.8, 4) is 5.75 Å². The molecule has 5 rings (SSSR count). The van der Waals surface area contributed by atoms with Gasteiger partial charge in [0.15, 0.2) is 5.72 Å². The minimum absolute atomic E-state index is 0.237. The van der Waals surface area contributed by atoms with Crippen LogP contribution in [0.1, 0.15) is 37.4 Å². The lowest BCUT2D eigenvalue weighted by molar-refractivity contribution is -0.0911. The Labute approximate surface area is 147 Å². The van der Waals surface area contributed by atoms with Gasteiger partial charge in [-0.25, -0.2) is 5.01 Å². The highest BCUT2D eigenvalue weighted by Gasteiger charge is 2.44. The molecule has 0 aliphatic carbocycles. The number of fused-ring (bicyclic) bond motifs is 4. The summed E-state index contributed by atoms with van der Waals surface area (Å²) in [4.78, 5) is 0. The van der Waals surface area contributed by atoms with Crippen LogP contribution in [-0.2, 0) is 0 Å². The highest BCUT2D eigenvalue weighted by molar-refractivity contribution is 6.04. The first-order chi connectivity index (χ1) is 12.1. The van der Waals surface area contributed by atoms with Gasteiger partial charge in [-0.05, 0) is 42.3 Å². The molecule has 3 aromatic carbocycles. The highest BCUT2D eigenvalue weighted by atomic mass is 16.5. The van der Waals surface area contributed by atoms with E-state index in [1.165, 1.54) is 21.9 Å². The van der Waals surface area contributed by atoms with Gasteiger partial charge in [-0.1, -0.05) is 54.6 Å². The van der Waals surface area contributed by atoms with E-state index in [1.807, 2.05) is 6.07 Å². The standard InChI is InChI=1S/C22H20N2O/c1-22(2)24-20(18-9-5-6-10-21(18)25-22)14-19(23-24)17-12-11-15-7-3-4-8-16(15)13-17/h3-13,20H,14H2,1-2H3. The van der Waals surface area contributed by atoms with Crippen LogP contribution in [0.25, 0.3) is 10.8 Å². The van der Waals surface area contributed by atoms with Crippen molar-refractivity contribution in [3.63, 3.8) is 0 Å². The molecule has 1 atom stereocenters. The van der Waals surface area contributed by atoms with Crippen molar-refractivity contribution in [3.05, 3.63) is 77.9 Å². The monoisotopic (exact) mass is 328 g/mol. The van der Waals surface area contributed by atoms with E-state index < -0.39 is 5.72 Å². The molecule has 0 radical (unpaired) electrons. The van der Waals surface area contributed by atoms with Crippen molar-refractivity contribution >= 4 is 16.5 Å². The first kappa shape index (κ1) is 14.5. The molecule has 0 saturated heterocycles. The third-order valence-corrected chi connectivity index (χ3v) is 5.18. The molecule has 0 fully saturated rings. The van der Waals surface area contributed by atoms with Crippen LogP contribution in [0, 0.1) is 0 Å². The molecule has 0 spiro atoms. The summed E-state index contributed by atoms with van der Waals surface area (Å²) in [6.07, 6.45) is 0.905. The van der Waals surface area contributed by atoms with E-state index in [4.69, 9.17) is 9.84 Å². The van der Waals surface area contributed by atoms with E-state index in [0.717, 1.165) is 17.9 Å². The topological polar surface area (TPSA) is 24.8 Å². The molecule has 3 heteroatoms.